The fourth-order valence-corrected chi connectivity index (χ4v) is 4.23. The second-order valence-corrected chi connectivity index (χ2v) is 8.17. The Hall–Kier alpha value is -1.30. The summed E-state index contributed by atoms with van der Waals surface area (Å²) in [7, 11) is 0. The molecule has 1 heterocycles. The molecule has 0 radical (unpaired) electrons. The molecule has 0 spiro atoms. The lowest BCUT2D eigenvalue weighted by molar-refractivity contribution is 0.267. The molecule has 1 aliphatic heterocycles. The predicted molar refractivity (Wildman–Crippen MR) is 118 cm³/mol. The lowest BCUT2D eigenvalue weighted by Crippen LogP contribution is -2.34. The van der Waals surface area contributed by atoms with Crippen molar-refractivity contribution in [3.63, 3.8) is 0 Å². The minimum absolute atomic E-state index is 0.412. The zero-order valence-electron chi connectivity index (χ0n) is 15.3. The van der Waals surface area contributed by atoms with Crippen molar-refractivity contribution in [2.24, 2.45) is 0 Å². The Morgan fingerprint density at radius 3 is 2.63 bits per heavy atom. The number of halogens is 2. The van der Waals surface area contributed by atoms with Crippen molar-refractivity contribution in [2.75, 3.05) is 19.7 Å². The summed E-state index contributed by atoms with van der Waals surface area (Å²) in [5, 5.41) is 0.697. The molecule has 6 heteroatoms. The molecule has 1 fully saturated rings. The van der Waals surface area contributed by atoms with Crippen LogP contribution in [0.15, 0.2) is 40.9 Å². The molecule has 0 unspecified atom stereocenters. The van der Waals surface area contributed by atoms with Crippen LogP contribution in [0.25, 0.3) is 0 Å². The van der Waals surface area contributed by atoms with Gasteiger partial charge in [-0.1, -0.05) is 36.0 Å². The van der Waals surface area contributed by atoms with Gasteiger partial charge in [0.2, 0.25) is 0 Å². The maximum absolute atomic E-state index is 6.06. The molecule has 27 heavy (non-hydrogen) atoms. The Morgan fingerprint density at radius 1 is 1.15 bits per heavy atom. The molecule has 0 bridgehead atoms. The highest BCUT2D eigenvalue weighted by atomic mass is 79.9. The second-order valence-electron chi connectivity index (χ2n) is 6.49. The number of ether oxygens (including phenoxy) is 2. The summed E-state index contributed by atoms with van der Waals surface area (Å²) in [4.78, 5) is 3.15. The number of nitrogens with zero attached hydrogens (tertiary/aromatic N) is 1. The van der Waals surface area contributed by atoms with Crippen LogP contribution in [0.3, 0.4) is 0 Å². The van der Waals surface area contributed by atoms with Crippen LogP contribution in [0.1, 0.15) is 37.3 Å². The first-order chi connectivity index (χ1) is 13.1. The maximum Gasteiger partial charge on any atom is 0.175 e. The van der Waals surface area contributed by atoms with E-state index >= 15 is 0 Å². The Kier molecular flexibility index (Phi) is 7.39. The van der Waals surface area contributed by atoms with Crippen LogP contribution in [0, 0.1) is 0 Å². The number of hydrogen-bond donors (Lipinski definition) is 0. The first-order valence-corrected chi connectivity index (χ1v) is 10.8. The Morgan fingerprint density at radius 2 is 1.93 bits per heavy atom. The number of hydrogen-bond acceptors (Lipinski definition) is 3. The third-order valence-electron chi connectivity index (χ3n) is 4.47. The summed E-state index contributed by atoms with van der Waals surface area (Å²) in [6.07, 6.45) is 3.67. The molecule has 0 aromatic heterocycles. The molecule has 0 aliphatic carbocycles. The number of rotatable bonds is 6. The fraction of sp³-hybridized carbons (Fsp3) is 0.381. The number of likely N-dealkylation sites (tertiary alicyclic amines) is 1. The van der Waals surface area contributed by atoms with E-state index < -0.39 is 0 Å². The molecule has 1 aliphatic rings. The normalized spacial score (nSPS) is 14.1. The summed E-state index contributed by atoms with van der Waals surface area (Å²) < 4.78 is 12.7. The van der Waals surface area contributed by atoms with E-state index in [1.807, 2.05) is 43.3 Å². The van der Waals surface area contributed by atoms with Crippen LogP contribution in [0.5, 0.6) is 11.5 Å². The SMILES string of the molecule is CCOc1cc(C(=S)N2CCCCC2)cc(Br)c1OCc1cccc(Cl)c1. The molecular weight excluding hydrogens is 446 g/mol. The van der Waals surface area contributed by atoms with Crippen molar-refractivity contribution in [1.82, 2.24) is 4.90 Å². The lowest BCUT2D eigenvalue weighted by atomic mass is 10.1. The van der Waals surface area contributed by atoms with E-state index in [-0.39, 0.29) is 0 Å². The number of piperidine rings is 1. The third-order valence-corrected chi connectivity index (χ3v) is 5.79. The molecule has 1 saturated heterocycles. The van der Waals surface area contributed by atoms with Crippen molar-refractivity contribution >= 4 is 44.7 Å². The minimum atomic E-state index is 0.412. The monoisotopic (exact) mass is 467 g/mol. The van der Waals surface area contributed by atoms with Gasteiger partial charge in [-0.15, -0.1) is 0 Å². The second kappa shape index (κ2) is 9.76. The molecule has 144 valence electrons. The quantitative estimate of drug-likeness (QED) is 0.468. The van der Waals surface area contributed by atoms with Gasteiger partial charge < -0.3 is 14.4 Å². The zero-order valence-corrected chi connectivity index (χ0v) is 18.5. The zero-order chi connectivity index (χ0) is 19.2. The highest BCUT2D eigenvalue weighted by molar-refractivity contribution is 9.10. The van der Waals surface area contributed by atoms with Crippen LogP contribution in [0.2, 0.25) is 5.02 Å². The van der Waals surface area contributed by atoms with E-state index in [2.05, 4.69) is 20.8 Å². The van der Waals surface area contributed by atoms with Crippen LogP contribution < -0.4 is 9.47 Å². The number of thiocarbonyl (C=S) groups is 1. The fourth-order valence-electron chi connectivity index (χ4n) is 3.16. The van der Waals surface area contributed by atoms with Gasteiger partial charge in [-0.2, -0.15) is 0 Å². The summed E-state index contributed by atoms with van der Waals surface area (Å²) in [5.41, 5.74) is 1.99. The van der Waals surface area contributed by atoms with Crippen molar-refractivity contribution in [2.45, 2.75) is 32.8 Å². The maximum atomic E-state index is 6.06. The Balaban J connectivity index is 1.82. The Labute approximate surface area is 179 Å². The highest BCUT2D eigenvalue weighted by Crippen LogP contribution is 2.38. The van der Waals surface area contributed by atoms with Gasteiger partial charge in [0.25, 0.3) is 0 Å². The molecule has 3 rings (SSSR count). The average molecular weight is 469 g/mol. The van der Waals surface area contributed by atoms with Gasteiger partial charge in [-0.05, 0) is 71.9 Å². The third kappa shape index (κ3) is 5.37. The molecule has 0 amide bonds. The van der Waals surface area contributed by atoms with Gasteiger partial charge in [0.1, 0.15) is 11.6 Å². The molecular formula is C21H23BrClNO2S. The van der Waals surface area contributed by atoms with Gasteiger partial charge in [-0.25, -0.2) is 0 Å². The van der Waals surface area contributed by atoms with E-state index in [9.17, 15) is 0 Å². The van der Waals surface area contributed by atoms with E-state index in [0.717, 1.165) is 33.7 Å². The first-order valence-electron chi connectivity index (χ1n) is 9.21. The molecule has 0 atom stereocenters. The summed E-state index contributed by atoms with van der Waals surface area (Å²) in [6, 6.07) is 11.7. The van der Waals surface area contributed by atoms with Crippen LogP contribution in [-0.2, 0) is 6.61 Å². The number of benzene rings is 2. The Bertz CT molecular complexity index is 809. The summed E-state index contributed by atoms with van der Waals surface area (Å²) >= 11 is 15.4. The van der Waals surface area contributed by atoms with E-state index in [4.69, 9.17) is 33.3 Å². The van der Waals surface area contributed by atoms with Crippen LogP contribution in [-0.4, -0.2) is 29.6 Å². The van der Waals surface area contributed by atoms with Crippen molar-refractivity contribution in [3.05, 3.63) is 57.0 Å². The van der Waals surface area contributed by atoms with Crippen LogP contribution >= 0.6 is 39.7 Å². The van der Waals surface area contributed by atoms with Gasteiger partial charge in [0, 0.05) is 23.7 Å². The standard InChI is InChI=1S/C21H23BrClNO2S/c1-2-25-19-13-16(21(27)24-9-4-3-5-10-24)12-18(22)20(19)26-14-15-7-6-8-17(23)11-15/h6-8,11-13H,2-5,9-10,14H2,1H3. The van der Waals surface area contributed by atoms with Gasteiger partial charge in [0.05, 0.1) is 11.1 Å². The van der Waals surface area contributed by atoms with Crippen LogP contribution in [0.4, 0.5) is 0 Å². The predicted octanol–water partition coefficient (Wildman–Crippen LogP) is 6.24. The molecule has 2 aromatic carbocycles. The molecule has 0 saturated carbocycles. The largest absolute Gasteiger partial charge is 0.490 e. The van der Waals surface area contributed by atoms with Gasteiger partial charge in [-0.3, -0.25) is 0 Å². The van der Waals surface area contributed by atoms with Crippen molar-refractivity contribution in [3.8, 4) is 11.5 Å². The van der Waals surface area contributed by atoms with E-state index in [1.165, 1.54) is 19.3 Å². The van der Waals surface area contributed by atoms with Crippen molar-refractivity contribution in [1.29, 1.82) is 0 Å². The topological polar surface area (TPSA) is 21.7 Å². The van der Waals surface area contributed by atoms with E-state index in [0.29, 0.717) is 29.7 Å². The minimum Gasteiger partial charge on any atom is -0.490 e. The summed E-state index contributed by atoms with van der Waals surface area (Å²) in [5.74, 6) is 1.38. The highest BCUT2D eigenvalue weighted by Gasteiger charge is 2.19. The average Bonchev–Trinajstić information content (AvgIpc) is 2.67. The lowest BCUT2D eigenvalue weighted by Gasteiger charge is -2.29. The van der Waals surface area contributed by atoms with Crippen molar-refractivity contribution < 1.29 is 9.47 Å². The summed E-state index contributed by atoms with van der Waals surface area (Å²) in [6.45, 7) is 4.97. The smallest absolute Gasteiger partial charge is 0.175 e. The van der Waals surface area contributed by atoms with E-state index in [1.54, 1.807) is 0 Å². The van der Waals surface area contributed by atoms with Gasteiger partial charge in [0.15, 0.2) is 11.5 Å². The molecule has 3 nitrogen and oxygen atoms in total. The molecule has 0 N–H and O–H groups in total. The molecule has 2 aromatic rings. The first kappa shape index (κ1) is 20.4. The van der Waals surface area contributed by atoms with Gasteiger partial charge >= 0.3 is 0 Å².